The first-order valence-corrected chi connectivity index (χ1v) is 5.43. The number of ether oxygens (including phenoxy) is 1. The van der Waals surface area contributed by atoms with Crippen molar-refractivity contribution in [1.82, 2.24) is 9.97 Å². The van der Waals surface area contributed by atoms with E-state index >= 15 is 0 Å². The highest BCUT2D eigenvalue weighted by molar-refractivity contribution is 9.10. The van der Waals surface area contributed by atoms with Crippen molar-refractivity contribution in [3.05, 3.63) is 10.7 Å². The number of nitrogens with two attached hydrogens (primary N) is 1. The Balaban J connectivity index is 2.70. The van der Waals surface area contributed by atoms with Crippen LogP contribution in [0, 0.1) is 0 Å². The lowest BCUT2D eigenvalue weighted by Gasteiger charge is -2.12. The molecule has 1 amide bonds. The predicted molar refractivity (Wildman–Crippen MR) is 63.2 cm³/mol. The van der Waals surface area contributed by atoms with Crippen LogP contribution in [-0.2, 0) is 4.79 Å². The maximum atomic E-state index is 10.7. The highest BCUT2D eigenvalue weighted by atomic mass is 79.9. The van der Waals surface area contributed by atoms with E-state index in [9.17, 15) is 4.79 Å². The number of hydrogen-bond donors (Lipinski definition) is 2. The van der Waals surface area contributed by atoms with Crippen LogP contribution in [0.25, 0.3) is 0 Å². The van der Waals surface area contributed by atoms with Crippen LogP contribution < -0.4 is 15.8 Å². The topological polar surface area (TPSA) is 90.1 Å². The van der Waals surface area contributed by atoms with Gasteiger partial charge < -0.3 is 15.8 Å². The van der Waals surface area contributed by atoms with E-state index in [1.54, 1.807) is 6.20 Å². The summed E-state index contributed by atoms with van der Waals surface area (Å²) in [6.07, 6.45) is 1.80. The smallest absolute Gasteiger partial charge is 0.232 e. The number of amides is 1. The van der Waals surface area contributed by atoms with E-state index in [0.717, 1.165) is 0 Å². The second-order valence-electron chi connectivity index (χ2n) is 3.27. The summed E-state index contributed by atoms with van der Waals surface area (Å²) in [6, 6.07) is -0.122. The number of carbonyl (C=O) groups is 1. The van der Waals surface area contributed by atoms with Gasteiger partial charge in [-0.1, -0.05) is 0 Å². The average Bonchev–Trinajstić information content (AvgIpc) is 2.19. The zero-order valence-electron chi connectivity index (χ0n) is 9.03. The normalized spacial score (nSPS) is 11.9. The number of rotatable bonds is 5. The molecule has 1 aromatic rings. The highest BCUT2D eigenvalue weighted by Gasteiger charge is 2.09. The third-order valence-corrected chi connectivity index (χ3v) is 2.33. The molecule has 0 aliphatic heterocycles. The van der Waals surface area contributed by atoms with Crippen molar-refractivity contribution >= 4 is 27.8 Å². The van der Waals surface area contributed by atoms with Crippen LogP contribution in [0.4, 0.5) is 5.95 Å². The summed E-state index contributed by atoms with van der Waals surface area (Å²) in [6.45, 7) is 1.82. The number of methoxy groups -OCH3 is 1. The summed E-state index contributed by atoms with van der Waals surface area (Å²) >= 11 is 3.25. The molecule has 88 valence electrons. The van der Waals surface area contributed by atoms with Crippen molar-refractivity contribution in [2.75, 3.05) is 12.4 Å². The summed E-state index contributed by atoms with van der Waals surface area (Å²) in [5.41, 5.74) is 5.08. The number of anilines is 1. The molecule has 7 heteroatoms. The van der Waals surface area contributed by atoms with Gasteiger partial charge in [0.1, 0.15) is 0 Å². The molecule has 1 heterocycles. The Hall–Kier alpha value is -1.37. The van der Waals surface area contributed by atoms with Gasteiger partial charge in [-0.3, -0.25) is 4.79 Å². The zero-order chi connectivity index (χ0) is 12.1. The van der Waals surface area contributed by atoms with Crippen LogP contribution in [0.1, 0.15) is 13.3 Å². The van der Waals surface area contributed by atoms with Gasteiger partial charge in [-0.2, -0.15) is 4.98 Å². The van der Waals surface area contributed by atoms with Crippen LogP contribution >= 0.6 is 15.9 Å². The first-order valence-electron chi connectivity index (χ1n) is 4.64. The minimum Gasteiger partial charge on any atom is -0.480 e. The Morgan fingerprint density at radius 3 is 3.00 bits per heavy atom. The van der Waals surface area contributed by atoms with E-state index in [-0.39, 0.29) is 18.4 Å². The molecule has 6 nitrogen and oxygen atoms in total. The van der Waals surface area contributed by atoms with Crippen LogP contribution in [0.2, 0.25) is 0 Å². The summed E-state index contributed by atoms with van der Waals surface area (Å²) in [5.74, 6) is 0.460. The first kappa shape index (κ1) is 12.7. The maximum absolute atomic E-state index is 10.7. The Bertz CT molecular complexity index is 386. The molecule has 0 fully saturated rings. The Morgan fingerprint density at radius 2 is 2.44 bits per heavy atom. The summed E-state index contributed by atoms with van der Waals surface area (Å²) in [4.78, 5) is 18.8. The van der Waals surface area contributed by atoms with Gasteiger partial charge in [0.25, 0.3) is 0 Å². The fourth-order valence-electron chi connectivity index (χ4n) is 1.14. The van der Waals surface area contributed by atoms with E-state index < -0.39 is 0 Å². The second kappa shape index (κ2) is 5.64. The number of halogens is 1. The van der Waals surface area contributed by atoms with Crippen LogP contribution in [0.15, 0.2) is 10.7 Å². The monoisotopic (exact) mass is 288 g/mol. The van der Waals surface area contributed by atoms with Crippen molar-refractivity contribution in [3.8, 4) is 5.88 Å². The molecule has 0 aliphatic rings. The number of nitrogens with zero attached hydrogens (tertiary/aromatic N) is 2. The Kier molecular flexibility index (Phi) is 4.48. The zero-order valence-corrected chi connectivity index (χ0v) is 10.6. The third-order valence-electron chi connectivity index (χ3n) is 1.79. The van der Waals surface area contributed by atoms with Gasteiger partial charge in [-0.15, -0.1) is 0 Å². The average molecular weight is 289 g/mol. The van der Waals surface area contributed by atoms with Gasteiger partial charge in [0.15, 0.2) is 0 Å². The summed E-state index contributed by atoms with van der Waals surface area (Å²) in [7, 11) is 1.52. The Morgan fingerprint density at radius 1 is 1.75 bits per heavy atom. The molecule has 0 bridgehead atoms. The van der Waals surface area contributed by atoms with Gasteiger partial charge >= 0.3 is 0 Å². The van der Waals surface area contributed by atoms with Crippen molar-refractivity contribution in [1.29, 1.82) is 0 Å². The lowest BCUT2D eigenvalue weighted by molar-refractivity contribution is -0.118. The number of carbonyl (C=O) groups excluding carboxylic acids is 1. The molecule has 1 aromatic heterocycles. The highest BCUT2D eigenvalue weighted by Crippen LogP contribution is 2.22. The second-order valence-corrected chi connectivity index (χ2v) is 4.12. The quantitative estimate of drug-likeness (QED) is 0.841. The number of nitrogens with one attached hydrogen (secondary N) is 1. The summed E-state index contributed by atoms with van der Waals surface area (Å²) < 4.78 is 5.69. The fraction of sp³-hybridized carbons (Fsp3) is 0.444. The van der Waals surface area contributed by atoms with E-state index in [1.807, 2.05) is 6.92 Å². The molecular formula is C9H13BrN4O2. The SMILES string of the molecule is COc1nc(NC(C)CC(N)=O)ncc1Br. The molecule has 1 atom stereocenters. The van der Waals surface area contributed by atoms with E-state index in [1.165, 1.54) is 7.11 Å². The standard InChI is InChI=1S/C9H13BrN4O2/c1-5(3-7(11)15)13-9-12-4-6(10)8(14-9)16-2/h4-5H,3H2,1-2H3,(H2,11,15)(H,12,13,14). The molecule has 3 N–H and O–H groups in total. The van der Waals surface area contributed by atoms with Crippen LogP contribution in [0.5, 0.6) is 5.88 Å². The largest absolute Gasteiger partial charge is 0.480 e. The van der Waals surface area contributed by atoms with Crippen molar-refractivity contribution in [3.63, 3.8) is 0 Å². The number of primary amides is 1. The molecule has 16 heavy (non-hydrogen) atoms. The molecule has 0 radical (unpaired) electrons. The summed E-state index contributed by atoms with van der Waals surface area (Å²) in [5, 5.41) is 2.95. The van der Waals surface area contributed by atoms with Gasteiger partial charge in [0.05, 0.1) is 17.8 Å². The molecule has 0 aliphatic carbocycles. The van der Waals surface area contributed by atoms with Crippen molar-refractivity contribution in [2.45, 2.75) is 19.4 Å². The fourth-order valence-corrected chi connectivity index (χ4v) is 1.49. The molecule has 0 aromatic carbocycles. The predicted octanol–water partition coefficient (Wildman–Crippen LogP) is 0.923. The molecular weight excluding hydrogens is 276 g/mol. The van der Waals surface area contributed by atoms with E-state index in [2.05, 4.69) is 31.2 Å². The molecule has 0 saturated carbocycles. The van der Waals surface area contributed by atoms with Gasteiger partial charge in [0.2, 0.25) is 17.7 Å². The lowest BCUT2D eigenvalue weighted by atomic mass is 10.2. The van der Waals surface area contributed by atoms with E-state index in [0.29, 0.717) is 16.3 Å². The van der Waals surface area contributed by atoms with E-state index in [4.69, 9.17) is 10.5 Å². The minimum absolute atomic E-state index is 0.122. The van der Waals surface area contributed by atoms with Crippen molar-refractivity contribution in [2.24, 2.45) is 5.73 Å². The number of hydrogen-bond acceptors (Lipinski definition) is 5. The molecule has 1 rings (SSSR count). The number of aromatic nitrogens is 2. The van der Waals surface area contributed by atoms with Crippen LogP contribution in [0.3, 0.4) is 0 Å². The minimum atomic E-state index is -0.371. The van der Waals surface area contributed by atoms with Crippen LogP contribution in [-0.4, -0.2) is 29.0 Å². The molecule has 0 saturated heterocycles. The van der Waals surface area contributed by atoms with Gasteiger partial charge in [0, 0.05) is 12.5 Å². The first-order chi connectivity index (χ1) is 7.52. The maximum Gasteiger partial charge on any atom is 0.232 e. The Labute approximate surface area is 102 Å². The lowest BCUT2D eigenvalue weighted by Crippen LogP contribution is -2.24. The van der Waals surface area contributed by atoms with Crippen molar-refractivity contribution < 1.29 is 9.53 Å². The van der Waals surface area contributed by atoms with Gasteiger partial charge in [-0.05, 0) is 22.9 Å². The van der Waals surface area contributed by atoms with Gasteiger partial charge in [-0.25, -0.2) is 4.98 Å². The molecule has 1 unspecified atom stereocenters. The third kappa shape index (κ3) is 3.65. The molecule has 0 spiro atoms.